The molecule has 0 atom stereocenters. The summed E-state index contributed by atoms with van der Waals surface area (Å²) in [6.45, 7) is 7.08. The van der Waals surface area contributed by atoms with Crippen LogP contribution in [0, 0.1) is 12.7 Å². The first-order valence-corrected chi connectivity index (χ1v) is 11.0. The molecular weight excluding hydrogens is 419 g/mol. The molecule has 4 N–H and O–H groups in total. The van der Waals surface area contributed by atoms with Crippen molar-refractivity contribution in [3.63, 3.8) is 0 Å². The first-order valence-electron chi connectivity index (χ1n) is 11.0. The molecule has 6 nitrogen and oxygen atoms in total. The summed E-state index contributed by atoms with van der Waals surface area (Å²) in [5.41, 5.74) is 4.78. The molecule has 0 spiro atoms. The van der Waals surface area contributed by atoms with Crippen LogP contribution in [0.15, 0.2) is 48.5 Å². The molecule has 2 amide bonds. The molecule has 0 fully saturated rings. The van der Waals surface area contributed by atoms with Gasteiger partial charge in [-0.05, 0) is 36.8 Å². The zero-order chi connectivity index (χ0) is 23.5. The van der Waals surface area contributed by atoms with Gasteiger partial charge in [-0.15, -0.1) is 0 Å². The van der Waals surface area contributed by atoms with E-state index in [1.54, 1.807) is 12.1 Å². The molecule has 3 aromatic rings. The Kier molecular flexibility index (Phi) is 6.42. The zero-order valence-electron chi connectivity index (χ0n) is 18.9. The lowest BCUT2D eigenvalue weighted by Gasteiger charge is -2.11. The minimum absolute atomic E-state index is 0.194. The number of aromatic amines is 1. The second kappa shape index (κ2) is 9.42. The molecule has 0 aliphatic carbocycles. The van der Waals surface area contributed by atoms with Gasteiger partial charge in [-0.3, -0.25) is 9.59 Å². The van der Waals surface area contributed by atoms with Gasteiger partial charge in [-0.2, -0.15) is 0 Å². The van der Waals surface area contributed by atoms with Gasteiger partial charge in [-0.25, -0.2) is 4.39 Å². The molecule has 1 aliphatic rings. The zero-order valence-corrected chi connectivity index (χ0v) is 18.9. The molecule has 0 unspecified atom stereocenters. The summed E-state index contributed by atoms with van der Waals surface area (Å²) >= 11 is 0. The molecule has 7 heteroatoms. The number of amides is 2. The maximum atomic E-state index is 13.9. The summed E-state index contributed by atoms with van der Waals surface area (Å²) in [5, 5.41) is 9.02. The van der Waals surface area contributed by atoms with Gasteiger partial charge in [0.2, 0.25) is 0 Å². The van der Waals surface area contributed by atoms with E-state index in [9.17, 15) is 14.0 Å². The second-order valence-electron chi connectivity index (χ2n) is 8.35. The van der Waals surface area contributed by atoms with Gasteiger partial charge in [-0.1, -0.05) is 44.2 Å². The molecular formula is C26H27FN4O2. The number of fused-ring (bicyclic) bond motifs is 1. The van der Waals surface area contributed by atoms with E-state index in [-0.39, 0.29) is 11.8 Å². The fraction of sp³-hybridized carbons (Fsp3) is 0.231. The molecule has 4 rings (SSSR count). The van der Waals surface area contributed by atoms with Crippen molar-refractivity contribution in [2.24, 2.45) is 0 Å². The number of aromatic nitrogens is 1. The van der Waals surface area contributed by atoms with Crippen LogP contribution >= 0.6 is 0 Å². The molecule has 0 saturated carbocycles. The molecule has 33 heavy (non-hydrogen) atoms. The number of hydrogen-bond donors (Lipinski definition) is 4. The highest BCUT2D eigenvalue weighted by atomic mass is 19.1. The Balaban J connectivity index is 1.77. The lowest BCUT2D eigenvalue weighted by atomic mass is 9.97. The van der Waals surface area contributed by atoms with Crippen molar-refractivity contribution in [2.45, 2.75) is 26.8 Å². The number of nitrogens with one attached hydrogen (secondary N) is 4. The van der Waals surface area contributed by atoms with E-state index in [0.717, 1.165) is 5.56 Å². The maximum absolute atomic E-state index is 13.9. The third-order valence-corrected chi connectivity index (χ3v) is 5.52. The summed E-state index contributed by atoms with van der Waals surface area (Å²) in [6, 6.07) is 14.1. The molecule has 0 bridgehead atoms. The molecule has 0 radical (unpaired) electrons. The minimum atomic E-state index is -0.419. The number of aryl methyl sites for hydroxylation is 1. The smallest absolute Gasteiger partial charge is 0.256 e. The van der Waals surface area contributed by atoms with Gasteiger partial charge in [0.1, 0.15) is 5.82 Å². The van der Waals surface area contributed by atoms with E-state index in [2.05, 4.69) is 34.8 Å². The van der Waals surface area contributed by atoms with Crippen LogP contribution in [0.25, 0.3) is 22.8 Å². The van der Waals surface area contributed by atoms with Crippen LogP contribution in [0.5, 0.6) is 0 Å². The van der Waals surface area contributed by atoms with Gasteiger partial charge in [0, 0.05) is 47.3 Å². The Labute approximate surface area is 192 Å². The molecule has 2 aromatic carbocycles. The van der Waals surface area contributed by atoms with Crippen LogP contribution in [0.3, 0.4) is 0 Å². The number of rotatable bonds is 7. The van der Waals surface area contributed by atoms with Crippen molar-refractivity contribution in [1.82, 2.24) is 15.6 Å². The molecule has 2 heterocycles. The van der Waals surface area contributed by atoms with Crippen molar-refractivity contribution in [3.8, 4) is 11.1 Å². The van der Waals surface area contributed by atoms with Crippen molar-refractivity contribution < 1.29 is 14.0 Å². The van der Waals surface area contributed by atoms with Crippen molar-refractivity contribution in [2.75, 3.05) is 18.4 Å². The van der Waals surface area contributed by atoms with E-state index in [4.69, 9.17) is 0 Å². The number of benzene rings is 2. The number of halogens is 1. The minimum Gasteiger partial charge on any atom is -0.358 e. The van der Waals surface area contributed by atoms with Gasteiger partial charge >= 0.3 is 0 Å². The number of anilines is 1. The average Bonchev–Trinajstić information content (AvgIpc) is 3.27. The van der Waals surface area contributed by atoms with E-state index >= 15 is 0 Å². The largest absolute Gasteiger partial charge is 0.358 e. The van der Waals surface area contributed by atoms with Crippen LogP contribution in [-0.2, 0) is 4.79 Å². The molecule has 1 aromatic heterocycles. The number of H-pyrrole nitrogens is 1. The first-order chi connectivity index (χ1) is 15.8. The van der Waals surface area contributed by atoms with Crippen molar-refractivity contribution >= 4 is 29.2 Å². The van der Waals surface area contributed by atoms with Crippen LogP contribution in [0.1, 0.15) is 41.2 Å². The number of carbonyl (C=O) groups excluding carboxylic acids is 2. The Hall–Kier alpha value is -3.71. The molecule has 170 valence electrons. The van der Waals surface area contributed by atoms with Crippen LogP contribution < -0.4 is 16.0 Å². The lowest BCUT2D eigenvalue weighted by Crippen LogP contribution is -2.34. The lowest BCUT2D eigenvalue weighted by molar-refractivity contribution is -0.110. The topological polar surface area (TPSA) is 86.0 Å². The standard InChI is InChI=1S/C26H27FN4O2/c1-15(2)28-11-12-29-26(33)23-16(3)30-22(24(23)17-7-5-4-6-8-17)14-20-19-13-18(27)9-10-21(19)31-25(20)32/h4-10,13-15,28,30H,11-12H2,1-3H3,(H,29,33)(H,31,32)/b20-14-. The predicted octanol–water partition coefficient (Wildman–Crippen LogP) is 4.35. The quantitative estimate of drug-likeness (QED) is 0.322. The summed E-state index contributed by atoms with van der Waals surface area (Å²) in [5.74, 6) is -0.926. The van der Waals surface area contributed by atoms with Crippen LogP contribution in [0.4, 0.5) is 10.1 Å². The fourth-order valence-corrected chi connectivity index (χ4v) is 4.02. The highest BCUT2D eigenvalue weighted by Gasteiger charge is 2.27. The predicted molar refractivity (Wildman–Crippen MR) is 129 cm³/mol. The average molecular weight is 447 g/mol. The maximum Gasteiger partial charge on any atom is 0.256 e. The molecule has 0 saturated heterocycles. The van der Waals surface area contributed by atoms with E-state index in [1.807, 2.05) is 37.3 Å². The first kappa shape index (κ1) is 22.5. The van der Waals surface area contributed by atoms with E-state index < -0.39 is 5.82 Å². The highest BCUT2D eigenvalue weighted by molar-refractivity contribution is 6.35. The summed E-state index contributed by atoms with van der Waals surface area (Å²) in [7, 11) is 0. The van der Waals surface area contributed by atoms with E-state index in [1.165, 1.54) is 12.1 Å². The second-order valence-corrected chi connectivity index (χ2v) is 8.35. The Morgan fingerprint density at radius 1 is 1.12 bits per heavy atom. The fourth-order valence-electron chi connectivity index (χ4n) is 4.02. The Bertz CT molecular complexity index is 1230. The Morgan fingerprint density at radius 2 is 1.88 bits per heavy atom. The summed E-state index contributed by atoms with van der Waals surface area (Å²) in [4.78, 5) is 29.1. The Morgan fingerprint density at radius 3 is 2.61 bits per heavy atom. The van der Waals surface area contributed by atoms with Crippen LogP contribution in [0.2, 0.25) is 0 Å². The number of hydrogen-bond acceptors (Lipinski definition) is 3. The van der Waals surface area contributed by atoms with Crippen molar-refractivity contribution in [3.05, 3.63) is 76.9 Å². The molecule has 1 aliphatic heterocycles. The highest BCUT2D eigenvalue weighted by Crippen LogP contribution is 2.37. The van der Waals surface area contributed by atoms with Gasteiger partial charge in [0.15, 0.2) is 0 Å². The van der Waals surface area contributed by atoms with Gasteiger partial charge in [0.25, 0.3) is 11.8 Å². The third kappa shape index (κ3) is 4.73. The monoisotopic (exact) mass is 446 g/mol. The summed E-state index contributed by atoms with van der Waals surface area (Å²) in [6.07, 6.45) is 1.69. The normalized spacial score (nSPS) is 14.0. The van der Waals surface area contributed by atoms with Gasteiger partial charge in [0.05, 0.1) is 11.1 Å². The third-order valence-electron chi connectivity index (χ3n) is 5.52. The van der Waals surface area contributed by atoms with Crippen LogP contribution in [-0.4, -0.2) is 35.9 Å². The summed E-state index contributed by atoms with van der Waals surface area (Å²) < 4.78 is 13.9. The number of carbonyl (C=O) groups is 2. The van der Waals surface area contributed by atoms with Gasteiger partial charge < -0.3 is 20.9 Å². The van der Waals surface area contributed by atoms with Crippen molar-refractivity contribution in [1.29, 1.82) is 0 Å². The van der Waals surface area contributed by atoms with E-state index in [0.29, 0.717) is 58.5 Å². The SMILES string of the molecule is Cc1[nH]c(/C=C2\C(=O)Nc3ccc(F)cc32)c(-c2ccccc2)c1C(=O)NCCNC(C)C.